The molecule has 1 aromatic rings. The first-order valence-corrected chi connectivity index (χ1v) is 6.60. The van der Waals surface area contributed by atoms with Gasteiger partial charge in [-0.05, 0) is 60.3 Å². The molecule has 2 fully saturated rings. The fourth-order valence-corrected chi connectivity index (χ4v) is 3.37. The van der Waals surface area contributed by atoms with Crippen molar-refractivity contribution in [2.24, 2.45) is 0 Å². The Kier molecular flexibility index (Phi) is 2.40. The highest BCUT2D eigenvalue weighted by molar-refractivity contribution is 9.10. The van der Waals surface area contributed by atoms with Crippen molar-refractivity contribution in [3.63, 3.8) is 0 Å². The summed E-state index contributed by atoms with van der Waals surface area (Å²) in [6, 6.07) is 4.80. The summed E-state index contributed by atoms with van der Waals surface area (Å²) in [4.78, 5) is 0. The van der Waals surface area contributed by atoms with Crippen molar-refractivity contribution in [1.82, 2.24) is 5.32 Å². The molecule has 3 rings (SSSR count). The van der Waals surface area contributed by atoms with E-state index in [0.29, 0.717) is 11.5 Å². The van der Waals surface area contributed by atoms with Gasteiger partial charge in [0.15, 0.2) is 4.67 Å². The minimum absolute atomic E-state index is 0.308. The quantitative estimate of drug-likeness (QED) is 0.892. The Balaban J connectivity index is 1.91. The molecule has 2 nitrogen and oxygen atoms in total. The predicted molar refractivity (Wildman–Crippen MR) is 63.0 cm³/mol. The van der Waals surface area contributed by atoms with Gasteiger partial charge in [0, 0.05) is 11.5 Å². The maximum absolute atomic E-state index is 5.78. The summed E-state index contributed by atoms with van der Waals surface area (Å²) in [5.74, 6) is 1.18. The standard InChI is InChI=1S/C12H16BrNO/c13-11-5-4-10(15-11)12(6-2-7-12)9-3-1-8-14-9/h4-5,9,14H,1-3,6-8H2. The van der Waals surface area contributed by atoms with E-state index in [-0.39, 0.29) is 0 Å². The molecule has 1 N–H and O–H groups in total. The van der Waals surface area contributed by atoms with E-state index in [1.165, 1.54) is 44.4 Å². The highest BCUT2D eigenvalue weighted by Gasteiger charge is 2.48. The molecule has 1 saturated carbocycles. The van der Waals surface area contributed by atoms with Gasteiger partial charge in [0.2, 0.25) is 0 Å². The molecular weight excluding hydrogens is 254 g/mol. The van der Waals surface area contributed by atoms with Crippen molar-refractivity contribution in [2.45, 2.75) is 43.6 Å². The van der Waals surface area contributed by atoms with Crippen LogP contribution in [0.3, 0.4) is 0 Å². The van der Waals surface area contributed by atoms with Crippen LogP contribution in [0.1, 0.15) is 37.9 Å². The second kappa shape index (κ2) is 3.63. The van der Waals surface area contributed by atoms with Gasteiger partial charge in [-0.2, -0.15) is 0 Å². The van der Waals surface area contributed by atoms with E-state index in [1.807, 2.05) is 6.07 Å². The lowest BCUT2D eigenvalue weighted by molar-refractivity contribution is 0.146. The van der Waals surface area contributed by atoms with Crippen LogP contribution in [0.4, 0.5) is 0 Å². The molecule has 2 heterocycles. The zero-order valence-corrected chi connectivity index (χ0v) is 10.3. The topological polar surface area (TPSA) is 25.2 Å². The minimum atomic E-state index is 0.308. The van der Waals surface area contributed by atoms with Crippen molar-refractivity contribution in [3.8, 4) is 0 Å². The Bertz CT molecular complexity index is 350. The zero-order valence-electron chi connectivity index (χ0n) is 8.76. The van der Waals surface area contributed by atoms with Crippen LogP contribution in [-0.2, 0) is 5.41 Å². The maximum atomic E-state index is 5.78. The van der Waals surface area contributed by atoms with Crippen LogP contribution in [0.5, 0.6) is 0 Å². The van der Waals surface area contributed by atoms with Crippen LogP contribution < -0.4 is 5.32 Å². The number of rotatable bonds is 2. The molecule has 3 heteroatoms. The molecule has 0 amide bonds. The molecule has 15 heavy (non-hydrogen) atoms. The van der Waals surface area contributed by atoms with Crippen LogP contribution in [0.25, 0.3) is 0 Å². The number of halogens is 1. The normalized spacial score (nSPS) is 29.0. The van der Waals surface area contributed by atoms with Gasteiger partial charge in [-0.1, -0.05) is 6.42 Å². The van der Waals surface area contributed by atoms with Gasteiger partial charge in [-0.3, -0.25) is 0 Å². The third-order valence-corrected chi connectivity index (χ3v) is 4.46. The largest absolute Gasteiger partial charge is 0.454 e. The Morgan fingerprint density at radius 3 is 2.67 bits per heavy atom. The van der Waals surface area contributed by atoms with Crippen molar-refractivity contribution in [1.29, 1.82) is 0 Å². The fourth-order valence-electron chi connectivity index (χ4n) is 3.06. The third-order valence-electron chi connectivity index (χ3n) is 4.04. The van der Waals surface area contributed by atoms with E-state index in [2.05, 4.69) is 27.3 Å². The summed E-state index contributed by atoms with van der Waals surface area (Å²) in [5.41, 5.74) is 0.308. The molecule has 1 aliphatic carbocycles. The summed E-state index contributed by atoms with van der Waals surface area (Å²) >= 11 is 3.40. The summed E-state index contributed by atoms with van der Waals surface area (Å²) < 4.78 is 6.64. The van der Waals surface area contributed by atoms with E-state index < -0.39 is 0 Å². The van der Waals surface area contributed by atoms with E-state index in [9.17, 15) is 0 Å². The number of furan rings is 1. The van der Waals surface area contributed by atoms with Gasteiger partial charge in [-0.25, -0.2) is 0 Å². The van der Waals surface area contributed by atoms with Gasteiger partial charge < -0.3 is 9.73 Å². The predicted octanol–water partition coefficient (Wildman–Crippen LogP) is 3.22. The summed E-state index contributed by atoms with van der Waals surface area (Å²) in [7, 11) is 0. The van der Waals surface area contributed by atoms with Crippen molar-refractivity contribution in [3.05, 3.63) is 22.6 Å². The van der Waals surface area contributed by atoms with Crippen LogP contribution in [0, 0.1) is 0 Å². The van der Waals surface area contributed by atoms with Crippen molar-refractivity contribution >= 4 is 15.9 Å². The van der Waals surface area contributed by atoms with E-state index in [4.69, 9.17) is 4.42 Å². The first-order valence-electron chi connectivity index (χ1n) is 5.80. The number of nitrogens with one attached hydrogen (secondary N) is 1. The van der Waals surface area contributed by atoms with Crippen LogP contribution in [0.15, 0.2) is 21.2 Å². The molecule has 1 saturated heterocycles. The second-order valence-electron chi connectivity index (χ2n) is 4.76. The van der Waals surface area contributed by atoms with E-state index >= 15 is 0 Å². The first-order chi connectivity index (χ1) is 7.31. The van der Waals surface area contributed by atoms with E-state index in [0.717, 1.165) is 4.67 Å². The molecule has 0 spiro atoms. The molecule has 82 valence electrons. The lowest BCUT2D eigenvalue weighted by atomic mass is 9.62. The Hall–Kier alpha value is -0.280. The summed E-state index contributed by atoms with van der Waals surface area (Å²) in [6.45, 7) is 1.17. The molecule has 1 aliphatic heterocycles. The Morgan fingerprint density at radius 2 is 2.20 bits per heavy atom. The van der Waals surface area contributed by atoms with Crippen LogP contribution in [-0.4, -0.2) is 12.6 Å². The highest BCUT2D eigenvalue weighted by atomic mass is 79.9. The van der Waals surface area contributed by atoms with Gasteiger partial charge in [0.1, 0.15) is 5.76 Å². The molecule has 0 bridgehead atoms. The van der Waals surface area contributed by atoms with Gasteiger partial charge in [-0.15, -0.1) is 0 Å². The summed E-state index contributed by atoms with van der Waals surface area (Å²) in [5, 5.41) is 3.63. The SMILES string of the molecule is Brc1ccc(C2(C3CCCN3)CCC2)o1. The molecule has 0 radical (unpaired) electrons. The molecule has 1 aromatic heterocycles. The highest BCUT2D eigenvalue weighted by Crippen LogP contribution is 2.49. The first kappa shape index (κ1) is 9.91. The molecule has 1 unspecified atom stereocenters. The van der Waals surface area contributed by atoms with Gasteiger partial charge >= 0.3 is 0 Å². The van der Waals surface area contributed by atoms with Crippen LogP contribution >= 0.6 is 15.9 Å². The lowest BCUT2D eigenvalue weighted by Gasteiger charge is -2.45. The molecule has 1 atom stereocenters. The van der Waals surface area contributed by atoms with Crippen LogP contribution in [0.2, 0.25) is 0 Å². The molecule has 0 aromatic carbocycles. The Morgan fingerprint density at radius 1 is 1.33 bits per heavy atom. The summed E-state index contributed by atoms with van der Waals surface area (Å²) in [6.07, 6.45) is 6.53. The average Bonchev–Trinajstić information content (AvgIpc) is 2.75. The number of hydrogen-bond acceptors (Lipinski definition) is 2. The average molecular weight is 270 g/mol. The third kappa shape index (κ3) is 1.48. The second-order valence-corrected chi connectivity index (χ2v) is 5.54. The van der Waals surface area contributed by atoms with Crippen molar-refractivity contribution in [2.75, 3.05) is 6.54 Å². The van der Waals surface area contributed by atoms with Gasteiger partial charge in [0.05, 0.1) is 0 Å². The Labute approximate surface area is 98.6 Å². The van der Waals surface area contributed by atoms with Crippen molar-refractivity contribution < 1.29 is 4.42 Å². The van der Waals surface area contributed by atoms with E-state index in [1.54, 1.807) is 0 Å². The lowest BCUT2D eigenvalue weighted by Crippen LogP contribution is -2.49. The monoisotopic (exact) mass is 269 g/mol. The maximum Gasteiger partial charge on any atom is 0.169 e. The van der Waals surface area contributed by atoms with Gasteiger partial charge in [0.25, 0.3) is 0 Å². The smallest absolute Gasteiger partial charge is 0.169 e. The minimum Gasteiger partial charge on any atom is -0.454 e. The molecular formula is C12H16BrNO. The zero-order chi connectivity index (χ0) is 10.3. The molecule has 2 aliphatic rings. The number of hydrogen-bond donors (Lipinski definition) is 1. The fraction of sp³-hybridized carbons (Fsp3) is 0.667.